The summed E-state index contributed by atoms with van der Waals surface area (Å²) in [6.07, 6.45) is 2.50. The molecule has 0 bridgehead atoms. The van der Waals surface area contributed by atoms with E-state index in [4.69, 9.17) is 10.2 Å². The third kappa shape index (κ3) is 2.72. The van der Waals surface area contributed by atoms with E-state index >= 15 is 0 Å². The summed E-state index contributed by atoms with van der Waals surface area (Å²) in [5.41, 5.74) is 7.42. The third-order valence-corrected chi connectivity index (χ3v) is 4.21. The van der Waals surface area contributed by atoms with Gasteiger partial charge in [0.25, 0.3) is 5.91 Å². The summed E-state index contributed by atoms with van der Waals surface area (Å²) in [5.74, 6) is 1.08. The van der Waals surface area contributed by atoms with E-state index < -0.39 is 0 Å². The van der Waals surface area contributed by atoms with Crippen LogP contribution in [0.5, 0.6) is 0 Å². The van der Waals surface area contributed by atoms with Gasteiger partial charge in [-0.15, -0.1) is 0 Å². The molecule has 1 aliphatic heterocycles. The van der Waals surface area contributed by atoms with E-state index in [2.05, 4.69) is 19.1 Å². The third-order valence-electron chi connectivity index (χ3n) is 4.21. The number of rotatable bonds is 3. The standard InChI is InChI=1S/C17H20N2O2/c1-12-7-14(13-5-3-2-4-6-13)10-19(12)17(20)15-8-16(9-18)21-11-15/h2-6,8,11-12,14H,7,9-10,18H2,1H3. The van der Waals surface area contributed by atoms with Crippen LogP contribution in [0.2, 0.25) is 0 Å². The van der Waals surface area contributed by atoms with Crippen molar-refractivity contribution in [2.75, 3.05) is 6.54 Å². The SMILES string of the molecule is CC1CC(c2ccccc2)CN1C(=O)c1coc(CN)c1. The van der Waals surface area contributed by atoms with Crippen LogP contribution in [0.15, 0.2) is 47.1 Å². The lowest BCUT2D eigenvalue weighted by molar-refractivity contribution is 0.0745. The number of amides is 1. The van der Waals surface area contributed by atoms with Crippen molar-refractivity contribution in [3.63, 3.8) is 0 Å². The molecule has 0 radical (unpaired) electrons. The Morgan fingerprint density at radius 3 is 2.81 bits per heavy atom. The van der Waals surface area contributed by atoms with Crippen LogP contribution in [0, 0.1) is 0 Å². The van der Waals surface area contributed by atoms with Crippen LogP contribution in [-0.4, -0.2) is 23.4 Å². The molecule has 4 nitrogen and oxygen atoms in total. The van der Waals surface area contributed by atoms with Crippen LogP contribution in [-0.2, 0) is 6.54 Å². The summed E-state index contributed by atoms with van der Waals surface area (Å²) in [7, 11) is 0. The number of benzene rings is 1. The van der Waals surface area contributed by atoms with Gasteiger partial charge in [-0.05, 0) is 25.0 Å². The van der Waals surface area contributed by atoms with Crippen LogP contribution in [0.25, 0.3) is 0 Å². The molecule has 1 saturated heterocycles. The molecular formula is C17H20N2O2. The molecule has 1 aromatic heterocycles. The van der Waals surface area contributed by atoms with E-state index in [0.717, 1.165) is 13.0 Å². The molecule has 2 N–H and O–H groups in total. The van der Waals surface area contributed by atoms with Crippen LogP contribution in [0.4, 0.5) is 0 Å². The summed E-state index contributed by atoms with van der Waals surface area (Å²) in [6, 6.07) is 12.4. The molecule has 1 amide bonds. The van der Waals surface area contributed by atoms with Gasteiger partial charge in [0.15, 0.2) is 0 Å². The van der Waals surface area contributed by atoms with Gasteiger partial charge in [0.05, 0.1) is 12.1 Å². The average Bonchev–Trinajstić information content (AvgIpc) is 3.14. The predicted octanol–water partition coefficient (Wildman–Crippen LogP) is 2.76. The number of carbonyl (C=O) groups excluding carboxylic acids is 1. The molecule has 2 unspecified atom stereocenters. The quantitative estimate of drug-likeness (QED) is 0.942. The second-order valence-electron chi connectivity index (χ2n) is 5.66. The van der Waals surface area contributed by atoms with Crippen molar-refractivity contribution in [1.29, 1.82) is 0 Å². The lowest BCUT2D eigenvalue weighted by Gasteiger charge is -2.20. The number of hydrogen-bond acceptors (Lipinski definition) is 3. The Kier molecular flexibility index (Phi) is 3.80. The Hall–Kier alpha value is -2.07. The van der Waals surface area contributed by atoms with Gasteiger partial charge in [0, 0.05) is 18.5 Å². The summed E-state index contributed by atoms with van der Waals surface area (Å²) in [4.78, 5) is 14.5. The monoisotopic (exact) mass is 284 g/mol. The summed E-state index contributed by atoms with van der Waals surface area (Å²) in [5, 5.41) is 0. The number of nitrogens with two attached hydrogens (primary N) is 1. The zero-order chi connectivity index (χ0) is 14.8. The molecule has 21 heavy (non-hydrogen) atoms. The van der Waals surface area contributed by atoms with Crippen molar-refractivity contribution >= 4 is 5.91 Å². The number of nitrogens with zero attached hydrogens (tertiary/aromatic N) is 1. The van der Waals surface area contributed by atoms with Crippen molar-refractivity contribution in [3.8, 4) is 0 Å². The fraction of sp³-hybridized carbons (Fsp3) is 0.353. The van der Waals surface area contributed by atoms with Crippen molar-refractivity contribution < 1.29 is 9.21 Å². The molecule has 110 valence electrons. The molecule has 1 fully saturated rings. The molecule has 4 heteroatoms. The molecular weight excluding hydrogens is 264 g/mol. The molecule has 0 aliphatic carbocycles. The zero-order valence-electron chi connectivity index (χ0n) is 12.2. The van der Waals surface area contributed by atoms with Crippen LogP contribution >= 0.6 is 0 Å². The maximum atomic E-state index is 12.6. The highest BCUT2D eigenvalue weighted by atomic mass is 16.3. The Morgan fingerprint density at radius 1 is 1.38 bits per heavy atom. The maximum absolute atomic E-state index is 12.6. The lowest BCUT2D eigenvalue weighted by atomic mass is 9.97. The lowest BCUT2D eigenvalue weighted by Crippen LogP contribution is -2.33. The Morgan fingerprint density at radius 2 is 2.14 bits per heavy atom. The van der Waals surface area contributed by atoms with E-state index in [-0.39, 0.29) is 11.9 Å². The highest BCUT2D eigenvalue weighted by molar-refractivity contribution is 5.94. The predicted molar refractivity (Wildman–Crippen MR) is 80.9 cm³/mol. The molecule has 0 spiro atoms. The van der Waals surface area contributed by atoms with Gasteiger partial charge in [-0.3, -0.25) is 4.79 Å². The molecule has 1 aromatic carbocycles. The van der Waals surface area contributed by atoms with Gasteiger partial charge in [-0.2, -0.15) is 0 Å². The van der Waals surface area contributed by atoms with E-state index in [1.54, 1.807) is 6.07 Å². The first-order valence-corrected chi connectivity index (χ1v) is 7.32. The van der Waals surface area contributed by atoms with Gasteiger partial charge >= 0.3 is 0 Å². The summed E-state index contributed by atoms with van der Waals surface area (Å²) < 4.78 is 5.27. The minimum atomic E-state index is 0.0318. The maximum Gasteiger partial charge on any atom is 0.257 e. The average molecular weight is 284 g/mol. The van der Waals surface area contributed by atoms with Gasteiger partial charge < -0.3 is 15.1 Å². The highest BCUT2D eigenvalue weighted by Gasteiger charge is 2.34. The van der Waals surface area contributed by atoms with E-state index in [1.807, 2.05) is 23.1 Å². The topological polar surface area (TPSA) is 59.5 Å². The van der Waals surface area contributed by atoms with Gasteiger partial charge in [0.2, 0.25) is 0 Å². The van der Waals surface area contributed by atoms with Crippen LogP contribution in [0.3, 0.4) is 0 Å². The summed E-state index contributed by atoms with van der Waals surface area (Å²) in [6.45, 7) is 3.17. The fourth-order valence-corrected chi connectivity index (χ4v) is 3.05. The van der Waals surface area contributed by atoms with Crippen molar-refractivity contribution in [2.24, 2.45) is 5.73 Å². The van der Waals surface area contributed by atoms with Crippen LogP contribution < -0.4 is 5.73 Å². The van der Waals surface area contributed by atoms with Crippen LogP contribution in [0.1, 0.15) is 40.9 Å². The van der Waals surface area contributed by atoms with Gasteiger partial charge in [-0.25, -0.2) is 0 Å². The molecule has 2 heterocycles. The number of likely N-dealkylation sites (tertiary alicyclic amines) is 1. The second kappa shape index (κ2) is 5.74. The molecule has 1 aliphatic rings. The highest BCUT2D eigenvalue weighted by Crippen LogP contribution is 2.32. The van der Waals surface area contributed by atoms with Crippen molar-refractivity contribution in [1.82, 2.24) is 4.90 Å². The first kappa shape index (κ1) is 13.9. The first-order valence-electron chi connectivity index (χ1n) is 7.32. The number of carbonyl (C=O) groups is 1. The van der Waals surface area contributed by atoms with E-state index in [9.17, 15) is 4.79 Å². The largest absolute Gasteiger partial charge is 0.467 e. The van der Waals surface area contributed by atoms with Crippen molar-refractivity contribution in [2.45, 2.75) is 31.8 Å². The summed E-state index contributed by atoms with van der Waals surface area (Å²) >= 11 is 0. The minimum absolute atomic E-state index is 0.0318. The Labute approximate surface area is 124 Å². The molecule has 2 aromatic rings. The second-order valence-corrected chi connectivity index (χ2v) is 5.66. The smallest absolute Gasteiger partial charge is 0.257 e. The van der Waals surface area contributed by atoms with E-state index in [0.29, 0.717) is 23.8 Å². The van der Waals surface area contributed by atoms with Gasteiger partial charge in [0.1, 0.15) is 12.0 Å². The fourth-order valence-electron chi connectivity index (χ4n) is 3.05. The number of furan rings is 1. The Balaban J connectivity index is 1.75. The minimum Gasteiger partial charge on any atom is -0.467 e. The molecule has 2 atom stereocenters. The zero-order valence-corrected chi connectivity index (χ0v) is 12.2. The van der Waals surface area contributed by atoms with Crippen molar-refractivity contribution in [3.05, 3.63) is 59.5 Å². The van der Waals surface area contributed by atoms with Gasteiger partial charge in [-0.1, -0.05) is 30.3 Å². The Bertz CT molecular complexity index is 621. The molecule has 0 saturated carbocycles. The normalized spacial score (nSPS) is 21.7. The first-order chi connectivity index (χ1) is 10.2. The molecule has 3 rings (SSSR count). The van der Waals surface area contributed by atoms with E-state index in [1.165, 1.54) is 11.8 Å². The number of hydrogen-bond donors (Lipinski definition) is 1.